The summed E-state index contributed by atoms with van der Waals surface area (Å²) < 4.78 is 5.71. The summed E-state index contributed by atoms with van der Waals surface area (Å²) in [6.45, 7) is 7.33. The average Bonchev–Trinajstić information content (AvgIpc) is 2.72. The molecule has 0 N–H and O–H groups in total. The first-order valence-corrected chi connectivity index (χ1v) is 7.89. The van der Waals surface area contributed by atoms with Crippen LogP contribution in [0.1, 0.15) is 41.0 Å². The molecule has 2 amide bonds. The van der Waals surface area contributed by atoms with Crippen molar-refractivity contribution in [1.29, 1.82) is 0 Å². The summed E-state index contributed by atoms with van der Waals surface area (Å²) >= 11 is 0. The van der Waals surface area contributed by atoms with Crippen LogP contribution in [0.25, 0.3) is 0 Å². The molecule has 0 aromatic heterocycles. The number of carbonyl (C=O) groups excluding carboxylic acids is 2. The molecular formula is C17H22N2O3. The van der Waals surface area contributed by atoms with E-state index in [2.05, 4.69) is 18.7 Å². The third-order valence-electron chi connectivity index (χ3n) is 4.23. The van der Waals surface area contributed by atoms with E-state index in [1.807, 2.05) is 0 Å². The molecule has 0 radical (unpaired) electrons. The zero-order valence-electron chi connectivity index (χ0n) is 13.1. The molecular weight excluding hydrogens is 280 g/mol. The number of rotatable bonds is 4. The van der Waals surface area contributed by atoms with Gasteiger partial charge in [-0.05, 0) is 32.4 Å². The van der Waals surface area contributed by atoms with Gasteiger partial charge in [0.2, 0.25) is 0 Å². The van der Waals surface area contributed by atoms with Gasteiger partial charge in [0.15, 0.2) is 0 Å². The second kappa shape index (κ2) is 6.18. The molecule has 0 aliphatic carbocycles. The van der Waals surface area contributed by atoms with Gasteiger partial charge in [0.25, 0.3) is 11.8 Å². The lowest BCUT2D eigenvalue weighted by Crippen LogP contribution is -2.46. The molecule has 1 saturated heterocycles. The van der Waals surface area contributed by atoms with Crippen LogP contribution in [0.4, 0.5) is 0 Å². The van der Waals surface area contributed by atoms with Crippen molar-refractivity contribution in [2.24, 2.45) is 0 Å². The molecule has 2 atom stereocenters. The second-order valence-corrected chi connectivity index (χ2v) is 6.18. The minimum absolute atomic E-state index is 0.163. The fraction of sp³-hybridized carbons (Fsp3) is 0.529. The molecule has 0 spiro atoms. The van der Waals surface area contributed by atoms with Crippen molar-refractivity contribution < 1.29 is 14.3 Å². The first-order chi connectivity index (χ1) is 10.6. The van der Waals surface area contributed by atoms with Crippen molar-refractivity contribution in [3.05, 3.63) is 35.4 Å². The van der Waals surface area contributed by atoms with Crippen LogP contribution in [0.5, 0.6) is 0 Å². The number of amides is 2. The second-order valence-electron chi connectivity index (χ2n) is 6.18. The molecule has 0 bridgehead atoms. The van der Waals surface area contributed by atoms with Crippen LogP contribution in [0, 0.1) is 0 Å². The van der Waals surface area contributed by atoms with Crippen molar-refractivity contribution in [3.63, 3.8) is 0 Å². The summed E-state index contributed by atoms with van der Waals surface area (Å²) in [5.74, 6) is -0.325. The fourth-order valence-electron chi connectivity index (χ4n) is 3.36. The van der Waals surface area contributed by atoms with E-state index < -0.39 is 0 Å². The summed E-state index contributed by atoms with van der Waals surface area (Å²) in [6.07, 6.45) is 1.27. The third kappa shape index (κ3) is 2.91. The molecule has 2 aliphatic rings. The van der Waals surface area contributed by atoms with Crippen LogP contribution < -0.4 is 0 Å². The predicted octanol–water partition coefficient (Wildman–Crippen LogP) is 1.78. The Morgan fingerprint density at radius 3 is 2.09 bits per heavy atom. The van der Waals surface area contributed by atoms with Gasteiger partial charge in [-0.1, -0.05) is 12.1 Å². The molecule has 5 nitrogen and oxygen atoms in total. The van der Waals surface area contributed by atoms with Gasteiger partial charge in [0.1, 0.15) is 0 Å². The van der Waals surface area contributed by atoms with Crippen LogP contribution in [0.15, 0.2) is 24.3 Å². The Balaban J connectivity index is 1.55. The summed E-state index contributed by atoms with van der Waals surface area (Å²) in [4.78, 5) is 28.2. The number of imide groups is 1. The highest BCUT2D eigenvalue weighted by atomic mass is 16.5. The van der Waals surface area contributed by atoms with Gasteiger partial charge < -0.3 is 4.74 Å². The zero-order valence-corrected chi connectivity index (χ0v) is 13.1. The largest absolute Gasteiger partial charge is 0.373 e. The van der Waals surface area contributed by atoms with Crippen LogP contribution in [0.3, 0.4) is 0 Å². The molecule has 1 aromatic carbocycles. The van der Waals surface area contributed by atoms with Crippen LogP contribution in [-0.4, -0.2) is 60.0 Å². The maximum atomic E-state index is 12.3. The van der Waals surface area contributed by atoms with E-state index in [4.69, 9.17) is 4.74 Å². The predicted molar refractivity (Wildman–Crippen MR) is 82.9 cm³/mol. The molecule has 118 valence electrons. The van der Waals surface area contributed by atoms with Gasteiger partial charge in [-0.3, -0.25) is 19.4 Å². The van der Waals surface area contributed by atoms with Gasteiger partial charge in [0, 0.05) is 26.2 Å². The number of fused-ring (bicyclic) bond motifs is 1. The Hall–Kier alpha value is -1.72. The Morgan fingerprint density at radius 1 is 1.00 bits per heavy atom. The van der Waals surface area contributed by atoms with Gasteiger partial charge in [-0.2, -0.15) is 0 Å². The lowest BCUT2D eigenvalue weighted by molar-refractivity contribution is -0.0682. The molecule has 22 heavy (non-hydrogen) atoms. The van der Waals surface area contributed by atoms with Gasteiger partial charge in [-0.25, -0.2) is 0 Å². The van der Waals surface area contributed by atoms with Crippen molar-refractivity contribution in [1.82, 2.24) is 9.80 Å². The third-order valence-corrected chi connectivity index (χ3v) is 4.23. The fourth-order valence-corrected chi connectivity index (χ4v) is 3.36. The van der Waals surface area contributed by atoms with E-state index in [0.717, 1.165) is 26.1 Å². The smallest absolute Gasteiger partial charge is 0.261 e. The van der Waals surface area contributed by atoms with Gasteiger partial charge in [0.05, 0.1) is 23.3 Å². The molecule has 2 aliphatic heterocycles. The Bertz CT molecular complexity index is 542. The molecule has 5 heteroatoms. The summed E-state index contributed by atoms with van der Waals surface area (Å²) in [6, 6.07) is 7.04. The van der Waals surface area contributed by atoms with Gasteiger partial charge >= 0.3 is 0 Å². The SMILES string of the molecule is C[C@@H]1CN(CCCN2C(=O)c3ccccc3C2=O)C[C@@H](C)O1. The normalized spacial score (nSPS) is 25.6. The van der Waals surface area contributed by atoms with E-state index in [1.165, 1.54) is 4.90 Å². The van der Waals surface area contributed by atoms with Crippen molar-refractivity contribution in [3.8, 4) is 0 Å². The standard InChI is InChI=1S/C17H22N2O3/c1-12-10-18(11-13(2)22-12)8-5-9-19-16(20)14-6-3-4-7-15(14)17(19)21/h3-4,6-7,12-13H,5,8-11H2,1-2H3/t12-,13-/m1/s1. The van der Waals surface area contributed by atoms with E-state index in [9.17, 15) is 9.59 Å². The van der Waals surface area contributed by atoms with Gasteiger partial charge in [-0.15, -0.1) is 0 Å². The molecule has 3 rings (SSSR count). The average molecular weight is 302 g/mol. The first-order valence-electron chi connectivity index (χ1n) is 7.89. The molecule has 0 unspecified atom stereocenters. The topological polar surface area (TPSA) is 49.9 Å². The molecule has 0 saturated carbocycles. The van der Waals surface area contributed by atoms with E-state index in [-0.39, 0.29) is 24.0 Å². The summed E-state index contributed by atoms with van der Waals surface area (Å²) in [5, 5.41) is 0. The first kappa shape index (κ1) is 15.2. The van der Waals surface area contributed by atoms with Crippen LogP contribution >= 0.6 is 0 Å². The number of carbonyl (C=O) groups is 2. The number of ether oxygens (including phenoxy) is 1. The summed E-state index contributed by atoms with van der Waals surface area (Å²) in [5.41, 5.74) is 1.06. The van der Waals surface area contributed by atoms with Crippen molar-refractivity contribution in [2.45, 2.75) is 32.5 Å². The highest BCUT2D eigenvalue weighted by molar-refractivity contribution is 6.21. The molecule has 1 fully saturated rings. The number of hydrogen-bond acceptors (Lipinski definition) is 4. The lowest BCUT2D eigenvalue weighted by Gasteiger charge is -2.35. The maximum Gasteiger partial charge on any atom is 0.261 e. The minimum Gasteiger partial charge on any atom is -0.373 e. The zero-order chi connectivity index (χ0) is 15.7. The maximum absolute atomic E-state index is 12.3. The number of nitrogens with zero attached hydrogens (tertiary/aromatic N) is 2. The van der Waals surface area contributed by atoms with Crippen molar-refractivity contribution in [2.75, 3.05) is 26.2 Å². The number of benzene rings is 1. The quantitative estimate of drug-likeness (QED) is 0.796. The lowest BCUT2D eigenvalue weighted by atomic mass is 10.1. The van der Waals surface area contributed by atoms with Crippen LogP contribution in [-0.2, 0) is 4.74 Å². The molecule has 1 aromatic rings. The van der Waals surface area contributed by atoms with Crippen molar-refractivity contribution >= 4 is 11.8 Å². The number of hydrogen-bond donors (Lipinski definition) is 0. The monoisotopic (exact) mass is 302 g/mol. The highest BCUT2D eigenvalue weighted by Gasteiger charge is 2.34. The Labute approximate surface area is 130 Å². The van der Waals surface area contributed by atoms with E-state index >= 15 is 0 Å². The van der Waals surface area contributed by atoms with E-state index in [1.54, 1.807) is 24.3 Å². The summed E-state index contributed by atoms with van der Waals surface area (Å²) in [7, 11) is 0. The Kier molecular flexibility index (Phi) is 4.27. The number of morpholine rings is 1. The minimum atomic E-state index is -0.163. The highest BCUT2D eigenvalue weighted by Crippen LogP contribution is 2.22. The molecule has 2 heterocycles. The Morgan fingerprint density at radius 2 is 1.55 bits per heavy atom. The van der Waals surface area contributed by atoms with E-state index in [0.29, 0.717) is 17.7 Å². The van der Waals surface area contributed by atoms with Crippen LogP contribution in [0.2, 0.25) is 0 Å².